The van der Waals surface area contributed by atoms with Gasteiger partial charge in [-0.1, -0.05) is 11.6 Å². The number of hydrogen-bond acceptors (Lipinski definition) is 6. The van der Waals surface area contributed by atoms with E-state index >= 15 is 0 Å². The van der Waals surface area contributed by atoms with Crippen molar-refractivity contribution >= 4 is 23.3 Å². The Balaban J connectivity index is 1.87. The Morgan fingerprint density at radius 1 is 1.00 bits per heavy atom. The monoisotopic (exact) mass is 554 g/mol. The molecule has 1 heterocycles. The molecule has 202 valence electrons. The van der Waals surface area contributed by atoms with Gasteiger partial charge in [0.2, 0.25) is 0 Å². The predicted molar refractivity (Wildman–Crippen MR) is 131 cm³/mol. The van der Waals surface area contributed by atoms with Crippen molar-refractivity contribution in [2.24, 2.45) is 0 Å². The molecule has 0 aliphatic heterocycles. The smallest absolute Gasteiger partial charge is 0.398 e. The van der Waals surface area contributed by atoms with Gasteiger partial charge in [-0.3, -0.25) is 9.59 Å². The number of nitrogens with one attached hydrogen (secondary N) is 1. The van der Waals surface area contributed by atoms with Crippen LogP contribution in [0.4, 0.5) is 17.6 Å². The minimum Gasteiger partial charge on any atom is -0.494 e. The molecule has 0 radical (unpaired) electrons. The molecule has 38 heavy (non-hydrogen) atoms. The van der Waals surface area contributed by atoms with Gasteiger partial charge >= 0.3 is 6.18 Å². The summed E-state index contributed by atoms with van der Waals surface area (Å²) in [5.74, 6) is -3.42. The summed E-state index contributed by atoms with van der Waals surface area (Å²) in [5, 5.41) is 2.05. The highest BCUT2D eigenvalue weighted by Crippen LogP contribution is 2.37. The number of pyridine rings is 1. The lowest BCUT2D eigenvalue weighted by Gasteiger charge is -2.22. The summed E-state index contributed by atoms with van der Waals surface area (Å²) >= 11 is 5.84. The molecule has 3 rings (SSSR count). The van der Waals surface area contributed by atoms with Crippen molar-refractivity contribution in [1.82, 2.24) is 10.3 Å². The van der Waals surface area contributed by atoms with Crippen LogP contribution in [-0.4, -0.2) is 50.2 Å². The minimum atomic E-state index is -4.77. The number of carbonyl (C=O) groups excluding carboxylic acids is 2. The van der Waals surface area contributed by atoms with E-state index in [1.807, 2.05) is 0 Å². The van der Waals surface area contributed by atoms with Crippen LogP contribution in [0.3, 0.4) is 0 Å². The van der Waals surface area contributed by atoms with Crippen LogP contribution in [0.2, 0.25) is 5.02 Å². The van der Waals surface area contributed by atoms with Gasteiger partial charge in [0, 0.05) is 17.7 Å². The zero-order valence-corrected chi connectivity index (χ0v) is 21.2. The molecule has 0 bridgehead atoms. The maximum absolute atomic E-state index is 14.1. The molecule has 1 aromatic heterocycles. The zero-order valence-electron chi connectivity index (χ0n) is 20.5. The highest BCUT2D eigenvalue weighted by Gasteiger charge is 2.42. The number of carbonyl (C=O) groups is 2. The van der Waals surface area contributed by atoms with E-state index in [1.165, 1.54) is 57.5 Å². The van der Waals surface area contributed by atoms with Crippen LogP contribution < -0.4 is 19.5 Å². The van der Waals surface area contributed by atoms with Crippen molar-refractivity contribution in [2.45, 2.75) is 19.0 Å². The molecule has 3 aromatic rings. The lowest BCUT2D eigenvalue weighted by atomic mass is 10.0. The van der Waals surface area contributed by atoms with Crippen LogP contribution >= 0.6 is 11.6 Å². The van der Waals surface area contributed by atoms with Gasteiger partial charge in [0.25, 0.3) is 5.91 Å². The number of aromatic nitrogens is 1. The molecular formula is C26H23ClF4N2O5. The Bertz CT molecular complexity index is 1330. The van der Waals surface area contributed by atoms with Gasteiger partial charge in [0.1, 0.15) is 29.8 Å². The van der Waals surface area contributed by atoms with E-state index < -0.39 is 30.4 Å². The Morgan fingerprint density at radius 3 is 2.29 bits per heavy atom. The number of halogens is 5. The van der Waals surface area contributed by atoms with Crippen molar-refractivity contribution in [2.75, 3.05) is 27.4 Å². The number of ketones is 1. The summed E-state index contributed by atoms with van der Waals surface area (Å²) in [6, 6.07) is 10.1. The molecular weight excluding hydrogens is 532 g/mol. The molecule has 7 nitrogen and oxygen atoms in total. The van der Waals surface area contributed by atoms with Crippen molar-refractivity contribution < 1.29 is 41.4 Å². The fourth-order valence-corrected chi connectivity index (χ4v) is 3.64. The first-order chi connectivity index (χ1) is 17.9. The Hall–Kier alpha value is -3.86. The Kier molecular flexibility index (Phi) is 9.16. The molecule has 1 unspecified atom stereocenters. The molecule has 0 aliphatic carbocycles. The normalized spacial score (nSPS) is 12.0. The lowest BCUT2D eigenvalue weighted by molar-refractivity contribution is -0.149. The summed E-state index contributed by atoms with van der Waals surface area (Å²) in [5.41, 5.74) is -0.0977. The molecule has 1 N–H and O–H groups in total. The first kappa shape index (κ1) is 28.7. The maximum Gasteiger partial charge on any atom is 0.398 e. The number of ether oxygens (including phenoxy) is 3. The topological polar surface area (TPSA) is 86.8 Å². The van der Waals surface area contributed by atoms with E-state index in [2.05, 4.69) is 10.3 Å². The molecule has 0 saturated heterocycles. The summed E-state index contributed by atoms with van der Waals surface area (Å²) in [6.07, 6.45) is -4.77. The molecule has 0 fully saturated rings. The van der Waals surface area contributed by atoms with E-state index in [1.54, 1.807) is 0 Å². The van der Waals surface area contributed by atoms with E-state index in [0.717, 1.165) is 12.1 Å². The summed E-state index contributed by atoms with van der Waals surface area (Å²) in [6.45, 7) is 0.299. The second kappa shape index (κ2) is 12.1. The van der Waals surface area contributed by atoms with Gasteiger partial charge in [-0.05, 0) is 55.5 Å². The van der Waals surface area contributed by atoms with Crippen LogP contribution in [0.15, 0.2) is 48.5 Å². The van der Waals surface area contributed by atoms with Crippen molar-refractivity contribution in [3.8, 4) is 28.5 Å². The van der Waals surface area contributed by atoms with Crippen molar-refractivity contribution in [3.63, 3.8) is 0 Å². The molecule has 12 heteroatoms. The Morgan fingerprint density at radius 2 is 1.68 bits per heavy atom. The minimum absolute atomic E-state index is 0.0160. The number of rotatable bonds is 10. The number of alkyl halides is 3. The quantitative estimate of drug-likeness (QED) is 0.328. The van der Waals surface area contributed by atoms with Crippen LogP contribution in [-0.2, 0) is 4.79 Å². The van der Waals surface area contributed by atoms with E-state index in [4.69, 9.17) is 25.8 Å². The standard InChI is InChI=1S/C26H23ClF4N2O5/c1-14(34)13-38-21-8-5-16(11-23(21)37-3)25(35)32-12-17(26(29,30)31)20-7-9-22(36-2)24(33-20)15-4-6-19(28)18(27)10-15/h4-11,17H,12-13H2,1-3H3,(H,32,35). The summed E-state index contributed by atoms with van der Waals surface area (Å²) in [7, 11) is 2.63. The third-order valence-corrected chi connectivity index (χ3v) is 5.66. The number of methoxy groups -OCH3 is 2. The second-order valence-electron chi connectivity index (χ2n) is 8.08. The van der Waals surface area contributed by atoms with Gasteiger partial charge in [0.05, 0.1) is 24.9 Å². The SMILES string of the molecule is COc1cc(C(=O)NCC(c2ccc(OC)c(-c3ccc(F)c(Cl)c3)n2)C(F)(F)F)ccc1OCC(C)=O. The van der Waals surface area contributed by atoms with Gasteiger partial charge in [-0.2, -0.15) is 13.2 Å². The van der Waals surface area contributed by atoms with Gasteiger partial charge in [0.15, 0.2) is 17.3 Å². The van der Waals surface area contributed by atoms with E-state index in [9.17, 15) is 27.2 Å². The average molecular weight is 555 g/mol. The van der Waals surface area contributed by atoms with Crippen LogP contribution in [0.1, 0.15) is 28.9 Å². The average Bonchev–Trinajstić information content (AvgIpc) is 2.88. The molecule has 2 aromatic carbocycles. The summed E-state index contributed by atoms with van der Waals surface area (Å²) in [4.78, 5) is 28.0. The zero-order chi connectivity index (χ0) is 28.0. The largest absolute Gasteiger partial charge is 0.494 e. The molecule has 0 spiro atoms. The molecule has 1 atom stereocenters. The first-order valence-electron chi connectivity index (χ1n) is 11.1. The number of amides is 1. The third kappa shape index (κ3) is 6.91. The van der Waals surface area contributed by atoms with Crippen molar-refractivity contribution in [3.05, 3.63) is 70.6 Å². The predicted octanol–water partition coefficient (Wildman–Crippen LogP) is 5.60. The highest BCUT2D eigenvalue weighted by atomic mass is 35.5. The first-order valence-corrected chi connectivity index (χ1v) is 11.5. The molecule has 0 aliphatic rings. The molecule has 1 amide bonds. The fraction of sp³-hybridized carbons (Fsp3) is 0.269. The second-order valence-corrected chi connectivity index (χ2v) is 8.48. The van der Waals surface area contributed by atoms with Crippen LogP contribution in [0.5, 0.6) is 17.2 Å². The van der Waals surface area contributed by atoms with E-state index in [0.29, 0.717) is 0 Å². The third-order valence-electron chi connectivity index (χ3n) is 5.37. The lowest BCUT2D eigenvalue weighted by Crippen LogP contribution is -2.35. The molecule has 0 saturated carbocycles. The number of nitrogens with zero attached hydrogens (tertiary/aromatic N) is 1. The van der Waals surface area contributed by atoms with Crippen molar-refractivity contribution in [1.29, 1.82) is 0 Å². The fourth-order valence-electron chi connectivity index (χ4n) is 3.46. The number of Topliss-reactive ketones (excluding diaryl/α,β-unsaturated/α-hetero) is 1. The van der Waals surface area contributed by atoms with Gasteiger partial charge in [-0.15, -0.1) is 0 Å². The van der Waals surface area contributed by atoms with Gasteiger partial charge < -0.3 is 19.5 Å². The van der Waals surface area contributed by atoms with E-state index in [-0.39, 0.29) is 57.2 Å². The summed E-state index contributed by atoms with van der Waals surface area (Å²) < 4.78 is 71.5. The van der Waals surface area contributed by atoms with Gasteiger partial charge in [-0.25, -0.2) is 9.37 Å². The Labute approximate surface area is 220 Å². The van der Waals surface area contributed by atoms with Crippen LogP contribution in [0, 0.1) is 5.82 Å². The van der Waals surface area contributed by atoms with Crippen LogP contribution in [0.25, 0.3) is 11.3 Å². The number of hydrogen-bond donors (Lipinski definition) is 1. The number of benzene rings is 2. The maximum atomic E-state index is 14.1. The highest BCUT2D eigenvalue weighted by molar-refractivity contribution is 6.31.